The normalized spacial score (nSPS) is 20.8. The van der Waals surface area contributed by atoms with Crippen molar-refractivity contribution in [2.45, 2.75) is 31.7 Å². The van der Waals surface area contributed by atoms with Gasteiger partial charge in [-0.25, -0.2) is 0 Å². The Labute approximate surface area is 119 Å². The molecule has 0 aliphatic carbocycles. The van der Waals surface area contributed by atoms with Crippen LogP contribution >= 0.6 is 0 Å². The molecule has 0 saturated carbocycles. The van der Waals surface area contributed by atoms with Gasteiger partial charge in [-0.1, -0.05) is 41.9 Å². The maximum Gasteiger partial charge on any atom is 0.179 e. The molecule has 0 aromatic heterocycles. The second kappa shape index (κ2) is 7.05. The molecule has 2 rings (SSSR count). The Balaban J connectivity index is 2.05. The summed E-state index contributed by atoms with van der Waals surface area (Å²) in [5, 5.41) is 11.6. The molecule has 1 aromatic carbocycles. The molecule has 0 bridgehead atoms. The van der Waals surface area contributed by atoms with Crippen LogP contribution in [0.4, 0.5) is 0 Å². The minimum absolute atomic E-state index is 0.0855. The van der Waals surface area contributed by atoms with E-state index in [0.717, 1.165) is 31.4 Å². The highest BCUT2D eigenvalue weighted by molar-refractivity contribution is 6.00. The van der Waals surface area contributed by atoms with E-state index in [0.29, 0.717) is 13.0 Å². The van der Waals surface area contributed by atoms with Crippen LogP contribution in [0.5, 0.6) is 0 Å². The number of benzene rings is 1. The van der Waals surface area contributed by atoms with E-state index in [-0.39, 0.29) is 17.7 Å². The number of rotatable bonds is 5. The van der Waals surface area contributed by atoms with Crippen molar-refractivity contribution in [1.29, 1.82) is 0 Å². The first-order valence-corrected chi connectivity index (χ1v) is 7.02. The van der Waals surface area contributed by atoms with Gasteiger partial charge in [0.2, 0.25) is 0 Å². The summed E-state index contributed by atoms with van der Waals surface area (Å²) in [7, 11) is 0. The van der Waals surface area contributed by atoms with Gasteiger partial charge in [-0.3, -0.25) is 9.69 Å². The van der Waals surface area contributed by atoms with Crippen LogP contribution in [0, 0.1) is 0 Å². The quantitative estimate of drug-likeness (QED) is 0.283. The predicted octanol–water partition coefficient (Wildman–Crippen LogP) is 1.86. The van der Waals surface area contributed by atoms with E-state index in [2.05, 4.69) is 10.1 Å². The van der Waals surface area contributed by atoms with E-state index >= 15 is 0 Å². The number of ketones is 1. The largest absolute Gasteiger partial charge is 0.409 e. The standard InChI is InChI=1S/C15H21N3O2/c16-14(17-20)9-11-18-10-5-4-8-13(18)15(19)12-6-2-1-3-7-12/h1-3,6-7,13,20H,4-5,8-11H2,(H2,16,17). The summed E-state index contributed by atoms with van der Waals surface area (Å²) in [6.45, 7) is 1.54. The summed E-state index contributed by atoms with van der Waals surface area (Å²) in [5.41, 5.74) is 6.27. The maximum atomic E-state index is 12.6. The highest BCUT2D eigenvalue weighted by atomic mass is 16.4. The molecule has 1 aliphatic heterocycles. The summed E-state index contributed by atoms with van der Waals surface area (Å²) >= 11 is 0. The number of hydrogen-bond acceptors (Lipinski definition) is 4. The summed E-state index contributed by atoms with van der Waals surface area (Å²) in [6.07, 6.45) is 3.52. The molecule has 0 radical (unpaired) electrons. The third kappa shape index (κ3) is 3.57. The molecule has 1 atom stereocenters. The number of nitrogens with zero attached hydrogens (tertiary/aromatic N) is 2. The third-order valence-electron chi connectivity index (χ3n) is 3.76. The maximum absolute atomic E-state index is 12.6. The molecule has 1 fully saturated rings. The molecule has 108 valence electrons. The molecule has 5 heteroatoms. The van der Waals surface area contributed by atoms with Gasteiger partial charge in [-0.05, 0) is 19.4 Å². The second-order valence-electron chi connectivity index (χ2n) is 5.12. The second-order valence-corrected chi connectivity index (χ2v) is 5.12. The fourth-order valence-corrected chi connectivity index (χ4v) is 2.66. The van der Waals surface area contributed by atoms with Crippen LogP contribution in [-0.4, -0.2) is 40.9 Å². The number of nitrogens with two attached hydrogens (primary N) is 1. The van der Waals surface area contributed by atoms with Gasteiger partial charge in [0.15, 0.2) is 5.78 Å². The van der Waals surface area contributed by atoms with Gasteiger partial charge < -0.3 is 10.9 Å². The van der Waals surface area contributed by atoms with Crippen LogP contribution < -0.4 is 5.73 Å². The highest BCUT2D eigenvalue weighted by Crippen LogP contribution is 2.21. The Morgan fingerprint density at radius 1 is 1.35 bits per heavy atom. The molecule has 20 heavy (non-hydrogen) atoms. The van der Waals surface area contributed by atoms with E-state index in [1.165, 1.54) is 0 Å². The van der Waals surface area contributed by atoms with Gasteiger partial charge in [-0.15, -0.1) is 0 Å². The third-order valence-corrected chi connectivity index (χ3v) is 3.76. The fraction of sp³-hybridized carbons (Fsp3) is 0.467. The average molecular weight is 275 g/mol. The number of hydrogen-bond donors (Lipinski definition) is 2. The average Bonchev–Trinajstić information content (AvgIpc) is 2.53. The Bertz CT molecular complexity index is 473. The molecular formula is C15H21N3O2. The molecule has 1 aliphatic rings. The Kier molecular flexibility index (Phi) is 5.12. The zero-order valence-electron chi connectivity index (χ0n) is 11.5. The zero-order chi connectivity index (χ0) is 14.4. The van der Waals surface area contributed by atoms with Crippen LogP contribution in [-0.2, 0) is 0 Å². The lowest BCUT2D eigenvalue weighted by atomic mass is 9.94. The molecule has 5 nitrogen and oxygen atoms in total. The van der Waals surface area contributed by atoms with Crippen molar-refractivity contribution in [2.75, 3.05) is 13.1 Å². The van der Waals surface area contributed by atoms with Gasteiger partial charge >= 0.3 is 0 Å². The van der Waals surface area contributed by atoms with Crippen LogP contribution in [0.2, 0.25) is 0 Å². The van der Waals surface area contributed by atoms with E-state index in [1.54, 1.807) is 0 Å². The Morgan fingerprint density at radius 3 is 2.80 bits per heavy atom. The van der Waals surface area contributed by atoms with E-state index in [4.69, 9.17) is 10.9 Å². The molecule has 0 amide bonds. The molecule has 1 saturated heterocycles. The lowest BCUT2D eigenvalue weighted by Crippen LogP contribution is -2.45. The fourth-order valence-electron chi connectivity index (χ4n) is 2.66. The van der Waals surface area contributed by atoms with Crippen molar-refractivity contribution < 1.29 is 10.0 Å². The number of piperidine rings is 1. The first kappa shape index (κ1) is 14.5. The SMILES string of the molecule is NC(CCN1CCCCC1C(=O)c1ccccc1)=NO. The summed E-state index contributed by atoms with van der Waals surface area (Å²) in [5.74, 6) is 0.381. The van der Waals surface area contributed by atoms with Crippen LogP contribution in [0.3, 0.4) is 0 Å². The summed E-state index contributed by atoms with van der Waals surface area (Å²) < 4.78 is 0. The van der Waals surface area contributed by atoms with Crippen molar-refractivity contribution >= 4 is 11.6 Å². The molecule has 0 spiro atoms. The van der Waals surface area contributed by atoms with Gasteiger partial charge in [-0.2, -0.15) is 0 Å². The first-order valence-electron chi connectivity index (χ1n) is 7.02. The number of carbonyl (C=O) groups is 1. The minimum atomic E-state index is -0.0855. The molecule has 3 N–H and O–H groups in total. The topological polar surface area (TPSA) is 78.9 Å². The molecule has 1 heterocycles. The minimum Gasteiger partial charge on any atom is -0.409 e. The lowest BCUT2D eigenvalue weighted by Gasteiger charge is -2.34. The number of oxime groups is 1. The van der Waals surface area contributed by atoms with Gasteiger partial charge in [0.05, 0.1) is 6.04 Å². The van der Waals surface area contributed by atoms with Crippen LogP contribution in [0.1, 0.15) is 36.0 Å². The molecule has 1 aromatic rings. The molecular weight excluding hydrogens is 254 g/mol. The lowest BCUT2D eigenvalue weighted by molar-refractivity contribution is 0.0752. The zero-order valence-corrected chi connectivity index (χ0v) is 11.5. The number of amidine groups is 1. The number of carbonyl (C=O) groups excluding carboxylic acids is 1. The van der Waals surface area contributed by atoms with Crippen molar-refractivity contribution in [2.24, 2.45) is 10.9 Å². The Morgan fingerprint density at radius 2 is 2.10 bits per heavy atom. The highest BCUT2D eigenvalue weighted by Gasteiger charge is 2.28. The number of Topliss-reactive ketones (excluding diaryl/α,β-unsaturated/α-hetero) is 1. The van der Waals surface area contributed by atoms with Gasteiger partial charge in [0.1, 0.15) is 5.84 Å². The van der Waals surface area contributed by atoms with Crippen molar-refractivity contribution in [1.82, 2.24) is 4.90 Å². The van der Waals surface area contributed by atoms with Crippen molar-refractivity contribution in [3.05, 3.63) is 35.9 Å². The van der Waals surface area contributed by atoms with E-state index in [1.807, 2.05) is 30.3 Å². The monoisotopic (exact) mass is 275 g/mol. The predicted molar refractivity (Wildman–Crippen MR) is 78.0 cm³/mol. The van der Waals surface area contributed by atoms with Gasteiger partial charge in [0, 0.05) is 18.5 Å². The Hall–Kier alpha value is -1.88. The molecule has 1 unspecified atom stereocenters. The summed E-state index contributed by atoms with van der Waals surface area (Å²) in [4.78, 5) is 14.7. The smallest absolute Gasteiger partial charge is 0.179 e. The summed E-state index contributed by atoms with van der Waals surface area (Å²) in [6, 6.07) is 9.32. The van der Waals surface area contributed by atoms with E-state index < -0.39 is 0 Å². The first-order chi connectivity index (χ1) is 9.72. The van der Waals surface area contributed by atoms with Crippen molar-refractivity contribution in [3.63, 3.8) is 0 Å². The van der Waals surface area contributed by atoms with E-state index in [9.17, 15) is 4.79 Å². The van der Waals surface area contributed by atoms with Crippen molar-refractivity contribution in [3.8, 4) is 0 Å². The van der Waals surface area contributed by atoms with Crippen LogP contribution in [0.25, 0.3) is 0 Å². The van der Waals surface area contributed by atoms with Crippen LogP contribution in [0.15, 0.2) is 35.5 Å². The van der Waals surface area contributed by atoms with Gasteiger partial charge in [0.25, 0.3) is 0 Å². The number of likely N-dealkylation sites (tertiary alicyclic amines) is 1.